The van der Waals surface area contributed by atoms with Gasteiger partial charge in [0.15, 0.2) is 0 Å². The molecule has 0 fully saturated rings. The summed E-state index contributed by atoms with van der Waals surface area (Å²) in [4.78, 5) is 10.8. The number of hydrogen-bond acceptors (Lipinski definition) is 2. The molecule has 0 saturated carbocycles. The van der Waals surface area contributed by atoms with Crippen molar-refractivity contribution in [3.63, 3.8) is 0 Å². The third-order valence-corrected chi connectivity index (χ3v) is 2.76. The van der Waals surface area contributed by atoms with Gasteiger partial charge in [0.05, 0.1) is 5.56 Å². The van der Waals surface area contributed by atoms with Crippen molar-refractivity contribution in [1.82, 2.24) is 0 Å². The summed E-state index contributed by atoms with van der Waals surface area (Å²) in [5, 5.41) is 8.89. The topological polar surface area (TPSA) is 63.3 Å². The molecule has 1 aromatic carbocycles. The van der Waals surface area contributed by atoms with Crippen LogP contribution in [0.5, 0.6) is 0 Å². The first-order chi connectivity index (χ1) is 6.50. The van der Waals surface area contributed by atoms with Crippen LogP contribution in [0.25, 0.3) is 0 Å². The molecule has 0 radical (unpaired) electrons. The first-order valence-corrected chi connectivity index (χ1v) is 5.36. The minimum Gasteiger partial charge on any atom is -0.478 e. The van der Waals surface area contributed by atoms with Gasteiger partial charge in [-0.1, -0.05) is 6.07 Å². The van der Waals surface area contributed by atoms with Crippen LogP contribution >= 0.6 is 22.6 Å². The molecular formula is C10H12INO2. The molecule has 1 aromatic rings. The van der Waals surface area contributed by atoms with Gasteiger partial charge in [-0.05, 0) is 53.6 Å². The lowest BCUT2D eigenvalue weighted by atomic mass is 10.1. The Bertz CT molecular complexity index is 350. The van der Waals surface area contributed by atoms with Gasteiger partial charge in [0.2, 0.25) is 0 Å². The second-order valence-corrected chi connectivity index (χ2v) is 4.46. The SMILES string of the molecule is C[C@H](N)Cc1ccc(I)c(C(=O)O)c1. The number of carboxylic acids is 1. The molecule has 0 heterocycles. The number of hydrogen-bond donors (Lipinski definition) is 2. The van der Waals surface area contributed by atoms with Gasteiger partial charge in [-0.3, -0.25) is 0 Å². The molecule has 0 bridgehead atoms. The molecular weight excluding hydrogens is 293 g/mol. The Morgan fingerprint density at radius 3 is 2.79 bits per heavy atom. The number of carboxylic acid groups (broad SMARTS) is 1. The van der Waals surface area contributed by atoms with E-state index >= 15 is 0 Å². The van der Waals surface area contributed by atoms with E-state index in [4.69, 9.17) is 10.8 Å². The van der Waals surface area contributed by atoms with Crippen LogP contribution in [-0.2, 0) is 6.42 Å². The van der Waals surface area contributed by atoms with E-state index in [1.165, 1.54) is 0 Å². The molecule has 0 saturated heterocycles. The Balaban J connectivity index is 3.00. The minimum absolute atomic E-state index is 0.0525. The van der Waals surface area contributed by atoms with Crippen LogP contribution in [0, 0.1) is 3.57 Å². The molecule has 3 N–H and O–H groups in total. The first kappa shape index (κ1) is 11.5. The molecule has 4 heteroatoms. The van der Waals surface area contributed by atoms with Crippen molar-refractivity contribution in [3.05, 3.63) is 32.9 Å². The number of nitrogens with two attached hydrogens (primary N) is 1. The maximum atomic E-state index is 10.8. The number of benzene rings is 1. The fraction of sp³-hybridized carbons (Fsp3) is 0.300. The van der Waals surface area contributed by atoms with E-state index in [2.05, 4.69) is 0 Å². The van der Waals surface area contributed by atoms with Gasteiger partial charge >= 0.3 is 5.97 Å². The molecule has 3 nitrogen and oxygen atoms in total. The standard InChI is InChI=1S/C10H12INO2/c1-6(12)4-7-2-3-9(11)8(5-7)10(13)14/h2-3,5-6H,4,12H2,1H3,(H,13,14)/t6-/m0/s1. The fourth-order valence-electron chi connectivity index (χ4n) is 1.24. The predicted molar refractivity (Wildman–Crippen MR) is 63.5 cm³/mol. The highest BCUT2D eigenvalue weighted by Gasteiger charge is 2.09. The largest absolute Gasteiger partial charge is 0.478 e. The minimum atomic E-state index is -0.888. The Kier molecular flexibility index (Phi) is 3.88. The van der Waals surface area contributed by atoms with E-state index in [0.717, 1.165) is 9.13 Å². The summed E-state index contributed by atoms with van der Waals surface area (Å²) >= 11 is 2.01. The average Bonchev–Trinajstić information content (AvgIpc) is 2.07. The first-order valence-electron chi connectivity index (χ1n) is 4.28. The summed E-state index contributed by atoms with van der Waals surface area (Å²) in [6, 6.07) is 5.46. The van der Waals surface area contributed by atoms with Gasteiger partial charge in [0, 0.05) is 9.61 Å². The lowest BCUT2D eigenvalue weighted by Crippen LogP contribution is -2.18. The normalized spacial score (nSPS) is 12.5. The van der Waals surface area contributed by atoms with Gasteiger partial charge < -0.3 is 10.8 Å². The van der Waals surface area contributed by atoms with Crippen molar-refractivity contribution in [2.75, 3.05) is 0 Å². The van der Waals surface area contributed by atoms with Crippen LogP contribution in [0.15, 0.2) is 18.2 Å². The lowest BCUT2D eigenvalue weighted by Gasteiger charge is -2.07. The summed E-state index contributed by atoms with van der Waals surface area (Å²) in [6.07, 6.45) is 0.706. The maximum absolute atomic E-state index is 10.8. The maximum Gasteiger partial charge on any atom is 0.336 e. The van der Waals surface area contributed by atoms with Crippen LogP contribution < -0.4 is 5.73 Å². The Morgan fingerprint density at radius 1 is 1.64 bits per heavy atom. The quantitative estimate of drug-likeness (QED) is 0.838. The number of aromatic carboxylic acids is 1. The second kappa shape index (κ2) is 4.75. The summed E-state index contributed by atoms with van der Waals surface area (Å²) in [6.45, 7) is 1.90. The van der Waals surface area contributed by atoms with E-state index < -0.39 is 5.97 Å². The molecule has 1 rings (SSSR count). The van der Waals surface area contributed by atoms with E-state index in [-0.39, 0.29) is 6.04 Å². The third kappa shape index (κ3) is 2.95. The molecule has 0 amide bonds. The van der Waals surface area contributed by atoms with Crippen molar-refractivity contribution in [1.29, 1.82) is 0 Å². The van der Waals surface area contributed by atoms with Gasteiger partial charge in [-0.25, -0.2) is 4.79 Å². The fourth-order valence-corrected chi connectivity index (χ4v) is 1.80. The molecule has 0 spiro atoms. The van der Waals surface area contributed by atoms with Crippen LogP contribution in [0.1, 0.15) is 22.8 Å². The van der Waals surface area contributed by atoms with Gasteiger partial charge in [0.25, 0.3) is 0 Å². The Labute approximate surface area is 96.4 Å². The average molecular weight is 305 g/mol. The van der Waals surface area contributed by atoms with Gasteiger partial charge in [-0.2, -0.15) is 0 Å². The third-order valence-electron chi connectivity index (χ3n) is 1.82. The zero-order valence-corrected chi connectivity index (χ0v) is 9.98. The van der Waals surface area contributed by atoms with E-state index in [0.29, 0.717) is 12.0 Å². The molecule has 14 heavy (non-hydrogen) atoms. The van der Waals surface area contributed by atoms with Crippen molar-refractivity contribution in [2.45, 2.75) is 19.4 Å². The van der Waals surface area contributed by atoms with Crippen molar-refractivity contribution < 1.29 is 9.90 Å². The summed E-state index contributed by atoms with van der Waals surface area (Å²) in [5.74, 6) is -0.888. The number of carbonyl (C=O) groups is 1. The summed E-state index contributed by atoms with van der Waals surface area (Å²) in [7, 11) is 0. The van der Waals surface area contributed by atoms with Crippen LogP contribution in [0.2, 0.25) is 0 Å². The van der Waals surface area contributed by atoms with Gasteiger partial charge in [-0.15, -0.1) is 0 Å². The van der Waals surface area contributed by atoms with Crippen LogP contribution in [-0.4, -0.2) is 17.1 Å². The number of halogens is 1. The Morgan fingerprint density at radius 2 is 2.29 bits per heavy atom. The van der Waals surface area contributed by atoms with E-state index in [1.54, 1.807) is 6.07 Å². The highest BCUT2D eigenvalue weighted by Crippen LogP contribution is 2.15. The zero-order valence-electron chi connectivity index (χ0n) is 7.83. The zero-order chi connectivity index (χ0) is 10.7. The molecule has 1 atom stereocenters. The summed E-state index contributed by atoms with van der Waals surface area (Å²) < 4.78 is 0.753. The van der Waals surface area contributed by atoms with Crippen LogP contribution in [0.4, 0.5) is 0 Å². The molecule has 0 aliphatic carbocycles. The van der Waals surface area contributed by atoms with Crippen molar-refractivity contribution in [3.8, 4) is 0 Å². The van der Waals surface area contributed by atoms with E-state index in [9.17, 15) is 4.79 Å². The van der Waals surface area contributed by atoms with Crippen molar-refractivity contribution in [2.24, 2.45) is 5.73 Å². The molecule has 0 aliphatic rings. The smallest absolute Gasteiger partial charge is 0.336 e. The van der Waals surface area contributed by atoms with Crippen molar-refractivity contribution >= 4 is 28.6 Å². The second-order valence-electron chi connectivity index (χ2n) is 3.30. The summed E-state index contributed by atoms with van der Waals surface area (Å²) in [5.41, 5.74) is 6.96. The molecule has 0 aliphatic heterocycles. The highest BCUT2D eigenvalue weighted by atomic mass is 127. The monoisotopic (exact) mass is 305 g/mol. The molecule has 0 unspecified atom stereocenters. The highest BCUT2D eigenvalue weighted by molar-refractivity contribution is 14.1. The van der Waals surface area contributed by atoms with Crippen LogP contribution in [0.3, 0.4) is 0 Å². The Hall–Kier alpha value is -0.620. The predicted octanol–water partition coefficient (Wildman–Crippen LogP) is 1.88. The molecule has 76 valence electrons. The lowest BCUT2D eigenvalue weighted by molar-refractivity contribution is 0.0695. The number of rotatable bonds is 3. The van der Waals surface area contributed by atoms with E-state index in [1.807, 2.05) is 41.6 Å². The van der Waals surface area contributed by atoms with Gasteiger partial charge in [0.1, 0.15) is 0 Å². The molecule has 0 aromatic heterocycles.